The van der Waals surface area contributed by atoms with Crippen molar-refractivity contribution >= 4 is 11.8 Å². The van der Waals surface area contributed by atoms with E-state index >= 15 is 0 Å². The van der Waals surface area contributed by atoms with Crippen LogP contribution in [-0.4, -0.2) is 33.5 Å². The standard InChI is InChI=1S/C18H17NO4/c1-10-7-12(8-11(2)16(10)21)15(20)9-19-17(22)13-5-3-4-6-14(13)18(19)23/h3-8,15,20-21H,9H2,1-2H3. The molecule has 2 N–H and O–H groups in total. The van der Waals surface area contributed by atoms with Crippen LogP contribution in [0.2, 0.25) is 0 Å². The SMILES string of the molecule is Cc1cc(C(O)CN2C(=O)c3ccccc3C2=O)cc(C)c1O. The van der Waals surface area contributed by atoms with Crippen molar-refractivity contribution in [3.8, 4) is 5.75 Å². The molecule has 1 unspecified atom stereocenters. The van der Waals surface area contributed by atoms with E-state index in [0.29, 0.717) is 27.8 Å². The molecular formula is C18H17NO4. The van der Waals surface area contributed by atoms with Crippen molar-refractivity contribution in [1.82, 2.24) is 4.90 Å². The molecule has 0 aromatic heterocycles. The Labute approximate surface area is 133 Å². The molecule has 0 radical (unpaired) electrons. The van der Waals surface area contributed by atoms with Crippen LogP contribution in [0.15, 0.2) is 36.4 Å². The summed E-state index contributed by atoms with van der Waals surface area (Å²) in [6.45, 7) is 3.36. The molecule has 1 heterocycles. The number of nitrogens with zero attached hydrogens (tertiary/aromatic N) is 1. The van der Waals surface area contributed by atoms with Crippen molar-refractivity contribution in [2.45, 2.75) is 20.0 Å². The Kier molecular flexibility index (Phi) is 3.66. The van der Waals surface area contributed by atoms with Crippen LogP contribution in [0.5, 0.6) is 5.75 Å². The first-order valence-corrected chi connectivity index (χ1v) is 7.33. The highest BCUT2D eigenvalue weighted by molar-refractivity contribution is 6.21. The van der Waals surface area contributed by atoms with Crippen molar-refractivity contribution in [2.24, 2.45) is 0 Å². The summed E-state index contributed by atoms with van der Waals surface area (Å²) in [6, 6.07) is 9.94. The minimum Gasteiger partial charge on any atom is -0.507 e. The lowest BCUT2D eigenvalue weighted by Crippen LogP contribution is -2.33. The number of fused-ring (bicyclic) bond motifs is 1. The van der Waals surface area contributed by atoms with Crippen LogP contribution in [-0.2, 0) is 0 Å². The number of aromatic hydroxyl groups is 1. The van der Waals surface area contributed by atoms with Gasteiger partial charge >= 0.3 is 0 Å². The normalized spacial score (nSPS) is 15.0. The molecule has 5 nitrogen and oxygen atoms in total. The van der Waals surface area contributed by atoms with E-state index in [0.717, 1.165) is 4.90 Å². The number of hydrogen-bond donors (Lipinski definition) is 2. The molecule has 118 valence electrons. The number of phenolic OH excluding ortho intramolecular Hbond substituents is 1. The monoisotopic (exact) mass is 311 g/mol. The number of carbonyl (C=O) groups excluding carboxylic acids is 2. The van der Waals surface area contributed by atoms with Crippen LogP contribution >= 0.6 is 0 Å². The van der Waals surface area contributed by atoms with E-state index in [1.807, 2.05) is 0 Å². The van der Waals surface area contributed by atoms with E-state index in [-0.39, 0.29) is 12.3 Å². The summed E-state index contributed by atoms with van der Waals surface area (Å²) < 4.78 is 0. The van der Waals surface area contributed by atoms with Gasteiger partial charge in [-0.1, -0.05) is 12.1 Å². The third-order valence-corrected chi connectivity index (χ3v) is 4.13. The van der Waals surface area contributed by atoms with Crippen molar-refractivity contribution in [3.05, 3.63) is 64.2 Å². The Balaban J connectivity index is 1.86. The van der Waals surface area contributed by atoms with Crippen LogP contribution in [0.1, 0.15) is 43.5 Å². The van der Waals surface area contributed by atoms with Crippen molar-refractivity contribution in [1.29, 1.82) is 0 Å². The third-order valence-electron chi connectivity index (χ3n) is 4.13. The summed E-state index contributed by atoms with van der Waals surface area (Å²) in [5, 5.41) is 20.2. The van der Waals surface area contributed by atoms with E-state index in [9.17, 15) is 19.8 Å². The summed E-state index contributed by atoms with van der Waals surface area (Å²) >= 11 is 0. The molecule has 5 heteroatoms. The van der Waals surface area contributed by atoms with Crippen LogP contribution in [0.3, 0.4) is 0 Å². The lowest BCUT2D eigenvalue weighted by molar-refractivity contribution is 0.0543. The topological polar surface area (TPSA) is 77.8 Å². The predicted molar refractivity (Wildman–Crippen MR) is 84.3 cm³/mol. The van der Waals surface area contributed by atoms with E-state index in [4.69, 9.17) is 0 Å². The van der Waals surface area contributed by atoms with E-state index in [1.54, 1.807) is 50.2 Å². The first-order valence-electron chi connectivity index (χ1n) is 7.33. The third kappa shape index (κ3) is 2.49. The lowest BCUT2D eigenvalue weighted by Gasteiger charge is -2.20. The van der Waals surface area contributed by atoms with Gasteiger partial charge in [0.2, 0.25) is 0 Å². The fraction of sp³-hybridized carbons (Fsp3) is 0.222. The molecule has 23 heavy (non-hydrogen) atoms. The molecule has 0 saturated carbocycles. The number of aryl methyl sites for hydroxylation is 2. The zero-order valence-electron chi connectivity index (χ0n) is 12.9. The number of benzene rings is 2. The average molecular weight is 311 g/mol. The van der Waals surface area contributed by atoms with E-state index < -0.39 is 17.9 Å². The number of carbonyl (C=O) groups is 2. The number of amides is 2. The van der Waals surface area contributed by atoms with Gasteiger partial charge in [-0.25, -0.2) is 0 Å². The fourth-order valence-electron chi connectivity index (χ4n) is 2.87. The number of imide groups is 1. The molecule has 0 bridgehead atoms. The average Bonchev–Trinajstić information content (AvgIpc) is 2.77. The molecule has 1 aliphatic rings. The number of aliphatic hydroxyl groups is 1. The molecule has 2 aromatic rings. The number of β-amino-alcohol motifs (C(OH)–C–C–N with tert-alkyl or cyclic N) is 1. The first-order chi connectivity index (χ1) is 10.9. The second-order valence-corrected chi connectivity index (χ2v) is 5.79. The predicted octanol–water partition coefficient (Wildman–Crippen LogP) is 2.34. The number of rotatable bonds is 3. The first kappa shape index (κ1) is 15.2. The van der Waals surface area contributed by atoms with Crippen molar-refractivity contribution < 1.29 is 19.8 Å². The second kappa shape index (κ2) is 5.52. The number of aliphatic hydroxyl groups excluding tert-OH is 1. The maximum absolute atomic E-state index is 12.3. The Hall–Kier alpha value is -2.66. The summed E-state index contributed by atoms with van der Waals surface area (Å²) in [5.41, 5.74) is 2.57. The zero-order chi connectivity index (χ0) is 16.7. The van der Waals surface area contributed by atoms with Crippen molar-refractivity contribution in [3.63, 3.8) is 0 Å². The molecule has 0 fully saturated rings. The maximum Gasteiger partial charge on any atom is 0.261 e. The molecule has 3 rings (SSSR count). The van der Waals surface area contributed by atoms with Gasteiger partial charge in [-0.2, -0.15) is 0 Å². The molecular weight excluding hydrogens is 294 g/mol. The van der Waals surface area contributed by atoms with Gasteiger partial charge in [0.15, 0.2) is 0 Å². The largest absolute Gasteiger partial charge is 0.507 e. The smallest absolute Gasteiger partial charge is 0.261 e. The van der Waals surface area contributed by atoms with Gasteiger partial charge in [-0.15, -0.1) is 0 Å². The molecule has 0 spiro atoms. The minimum atomic E-state index is -1.00. The zero-order valence-corrected chi connectivity index (χ0v) is 12.9. The Morgan fingerprint density at radius 3 is 1.96 bits per heavy atom. The molecule has 1 aliphatic heterocycles. The Morgan fingerprint density at radius 2 is 1.48 bits per heavy atom. The highest BCUT2D eigenvalue weighted by atomic mass is 16.3. The van der Waals surface area contributed by atoms with Crippen LogP contribution < -0.4 is 0 Å². The second-order valence-electron chi connectivity index (χ2n) is 5.79. The molecule has 2 aromatic carbocycles. The molecule has 2 amide bonds. The van der Waals surface area contributed by atoms with Gasteiger partial charge in [-0.05, 0) is 54.8 Å². The van der Waals surface area contributed by atoms with Crippen LogP contribution in [0.25, 0.3) is 0 Å². The Morgan fingerprint density at radius 1 is 1.00 bits per heavy atom. The summed E-state index contributed by atoms with van der Waals surface area (Å²) in [6.07, 6.45) is -1.00. The van der Waals surface area contributed by atoms with Crippen LogP contribution in [0.4, 0.5) is 0 Å². The van der Waals surface area contributed by atoms with Gasteiger partial charge in [0, 0.05) is 0 Å². The minimum absolute atomic E-state index is 0.115. The Bertz CT molecular complexity index is 754. The van der Waals surface area contributed by atoms with Gasteiger partial charge in [0.25, 0.3) is 11.8 Å². The van der Waals surface area contributed by atoms with E-state index in [1.165, 1.54) is 0 Å². The molecule has 0 saturated heterocycles. The quantitative estimate of drug-likeness (QED) is 0.853. The molecule has 1 atom stereocenters. The lowest BCUT2D eigenvalue weighted by atomic mass is 10.0. The van der Waals surface area contributed by atoms with Gasteiger partial charge in [0.05, 0.1) is 23.8 Å². The number of hydrogen-bond acceptors (Lipinski definition) is 4. The van der Waals surface area contributed by atoms with Gasteiger partial charge in [0.1, 0.15) is 5.75 Å². The van der Waals surface area contributed by atoms with Crippen LogP contribution in [0, 0.1) is 13.8 Å². The highest BCUT2D eigenvalue weighted by Crippen LogP contribution is 2.29. The highest BCUT2D eigenvalue weighted by Gasteiger charge is 2.36. The van der Waals surface area contributed by atoms with Gasteiger partial charge < -0.3 is 10.2 Å². The number of phenols is 1. The summed E-state index contributed by atoms with van der Waals surface area (Å²) in [7, 11) is 0. The van der Waals surface area contributed by atoms with E-state index in [2.05, 4.69) is 0 Å². The van der Waals surface area contributed by atoms with Gasteiger partial charge in [-0.3, -0.25) is 14.5 Å². The van der Waals surface area contributed by atoms with Crippen molar-refractivity contribution in [2.75, 3.05) is 6.54 Å². The summed E-state index contributed by atoms with van der Waals surface area (Å²) in [5.74, 6) is -0.601. The fourth-order valence-corrected chi connectivity index (χ4v) is 2.87. The summed E-state index contributed by atoms with van der Waals surface area (Å²) in [4.78, 5) is 25.7. The molecule has 0 aliphatic carbocycles. The maximum atomic E-state index is 12.3.